The van der Waals surface area contributed by atoms with Crippen LogP contribution in [-0.2, 0) is 19.6 Å². The molecule has 122 valence electrons. The fraction of sp³-hybridized carbons (Fsp3) is 0.533. The Hall–Kier alpha value is -1.11. The molecule has 0 radical (unpaired) electrons. The van der Waals surface area contributed by atoms with E-state index in [0.717, 1.165) is 12.8 Å². The van der Waals surface area contributed by atoms with E-state index in [1.165, 1.54) is 10.4 Å². The molecule has 7 heteroatoms. The van der Waals surface area contributed by atoms with Gasteiger partial charge in [-0.3, -0.25) is 4.79 Å². The zero-order chi connectivity index (χ0) is 16.3. The number of hydrogen-bond donors (Lipinski definition) is 0. The van der Waals surface area contributed by atoms with Crippen LogP contribution in [0.1, 0.15) is 31.7 Å². The number of esters is 1. The fourth-order valence-corrected chi connectivity index (χ4v) is 4.78. The summed E-state index contributed by atoms with van der Waals surface area (Å²) in [6, 6.07) is 3.99. The van der Waals surface area contributed by atoms with Crippen molar-refractivity contribution in [2.45, 2.75) is 44.0 Å². The van der Waals surface area contributed by atoms with E-state index in [1.807, 2.05) is 0 Å². The van der Waals surface area contributed by atoms with Crippen molar-refractivity contribution >= 4 is 27.6 Å². The van der Waals surface area contributed by atoms with Crippen LogP contribution < -0.4 is 0 Å². The van der Waals surface area contributed by atoms with E-state index in [2.05, 4.69) is 0 Å². The van der Waals surface area contributed by atoms with Crippen LogP contribution in [0.25, 0.3) is 0 Å². The number of carbonyl (C=O) groups excluding carboxylic acids is 1. The molecule has 0 saturated carbocycles. The van der Waals surface area contributed by atoms with E-state index in [9.17, 15) is 13.2 Å². The second-order valence-electron chi connectivity index (χ2n) is 5.29. The Morgan fingerprint density at radius 3 is 2.82 bits per heavy atom. The van der Waals surface area contributed by atoms with Gasteiger partial charge in [-0.25, -0.2) is 8.42 Å². The highest BCUT2D eigenvalue weighted by Crippen LogP contribution is 2.29. The first-order valence-electron chi connectivity index (χ1n) is 7.32. The summed E-state index contributed by atoms with van der Waals surface area (Å²) < 4.78 is 32.2. The molecular formula is C15H20ClNO4S. The summed E-state index contributed by atoms with van der Waals surface area (Å²) in [5, 5.41) is 0.355. The summed E-state index contributed by atoms with van der Waals surface area (Å²) in [5.41, 5.74) is 0.609. The Morgan fingerprint density at radius 2 is 2.14 bits per heavy atom. The minimum absolute atomic E-state index is 0.149. The number of piperidine rings is 1. The molecular weight excluding hydrogens is 326 g/mol. The van der Waals surface area contributed by atoms with Crippen molar-refractivity contribution in [3.63, 3.8) is 0 Å². The Kier molecular flexibility index (Phi) is 5.47. The number of benzene rings is 1. The lowest BCUT2D eigenvalue weighted by Crippen LogP contribution is -2.48. The van der Waals surface area contributed by atoms with Gasteiger partial charge in [-0.15, -0.1) is 0 Å². The number of carbonyl (C=O) groups is 1. The Bertz CT molecular complexity index is 660. The minimum atomic E-state index is -3.78. The van der Waals surface area contributed by atoms with Gasteiger partial charge < -0.3 is 4.74 Å². The van der Waals surface area contributed by atoms with Crippen LogP contribution in [0.15, 0.2) is 23.1 Å². The predicted octanol–water partition coefficient (Wildman–Crippen LogP) is 2.75. The SMILES string of the molecule is CCOC(=O)C1CCCCN1S(=O)(=O)c1cc(Cl)ccc1C. The first kappa shape index (κ1) is 17.2. The van der Waals surface area contributed by atoms with Crippen molar-refractivity contribution in [3.05, 3.63) is 28.8 Å². The monoisotopic (exact) mass is 345 g/mol. The Labute approximate surface area is 136 Å². The first-order chi connectivity index (χ1) is 10.4. The first-order valence-corrected chi connectivity index (χ1v) is 9.14. The summed E-state index contributed by atoms with van der Waals surface area (Å²) in [6.07, 6.45) is 2.02. The summed E-state index contributed by atoms with van der Waals surface area (Å²) >= 11 is 5.94. The van der Waals surface area contributed by atoms with Gasteiger partial charge in [0.25, 0.3) is 0 Å². The van der Waals surface area contributed by atoms with E-state index in [1.54, 1.807) is 26.0 Å². The molecule has 0 aliphatic carbocycles. The molecule has 1 unspecified atom stereocenters. The topological polar surface area (TPSA) is 63.7 Å². The summed E-state index contributed by atoms with van der Waals surface area (Å²) in [4.78, 5) is 12.2. The molecule has 0 aromatic heterocycles. The van der Waals surface area contributed by atoms with E-state index in [-0.39, 0.29) is 11.5 Å². The largest absolute Gasteiger partial charge is 0.465 e. The zero-order valence-electron chi connectivity index (χ0n) is 12.7. The van der Waals surface area contributed by atoms with Gasteiger partial charge in [0, 0.05) is 11.6 Å². The molecule has 5 nitrogen and oxygen atoms in total. The third-order valence-electron chi connectivity index (χ3n) is 3.75. The van der Waals surface area contributed by atoms with E-state index >= 15 is 0 Å². The summed E-state index contributed by atoms with van der Waals surface area (Å²) in [6.45, 7) is 3.98. The van der Waals surface area contributed by atoms with Gasteiger partial charge in [0.05, 0.1) is 11.5 Å². The molecule has 1 aliphatic rings. The van der Waals surface area contributed by atoms with Gasteiger partial charge in [0.2, 0.25) is 10.0 Å². The molecule has 1 aliphatic heterocycles. The van der Waals surface area contributed by atoms with Crippen molar-refractivity contribution in [2.75, 3.05) is 13.2 Å². The highest BCUT2D eigenvalue weighted by Gasteiger charge is 2.39. The number of sulfonamides is 1. The molecule has 22 heavy (non-hydrogen) atoms. The van der Waals surface area contributed by atoms with Crippen molar-refractivity contribution in [1.82, 2.24) is 4.31 Å². The lowest BCUT2D eigenvalue weighted by Gasteiger charge is -2.33. The smallest absolute Gasteiger partial charge is 0.324 e. The van der Waals surface area contributed by atoms with Crippen LogP contribution in [-0.4, -0.2) is 37.9 Å². The Morgan fingerprint density at radius 1 is 1.41 bits per heavy atom. The molecule has 1 saturated heterocycles. The number of rotatable bonds is 4. The number of aryl methyl sites for hydroxylation is 1. The van der Waals surface area contributed by atoms with Crippen LogP contribution in [0.3, 0.4) is 0 Å². The van der Waals surface area contributed by atoms with Crippen LogP contribution in [0, 0.1) is 6.92 Å². The summed E-state index contributed by atoms with van der Waals surface area (Å²) in [7, 11) is -3.78. The average Bonchev–Trinajstić information content (AvgIpc) is 2.50. The van der Waals surface area contributed by atoms with Gasteiger partial charge in [-0.1, -0.05) is 17.7 Å². The lowest BCUT2D eigenvalue weighted by molar-refractivity contribution is -0.148. The molecule has 1 heterocycles. The number of halogens is 1. The maximum atomic E-state index is 12.9. The zero-order valence-corrected chi connectivity index (χ0v) is 14.3. The van der Waals surface area contributed by atoms with Gasteiger partial charge in [0.1, 0.15) is 6.04 Å². The molecule has 0 amide bonds. The van der Waals surface area contributed by atoms with Crippen LogP contribution in [0.4, 0.5) is 0 Å². The molecule has 1 aromatic rings. The van der Waals surface area contributed by atoms with Crippen molar-refractivity contribution in [1.29, 1.82) is 0 Å². The van der Waals surface area contributed by atoms with Gasteiger partial charge in [0.15, 0.2) is 0 Å². The highest BCUT2D eigenvalue weighted by molar-refractivity contribution is 7.89. The number of ether oxygens (including phenoxy) is 1. The van der Waals surface area contributed by atoms with Crippen LogP contribution in [0.5, 0.6) is 0 Å². The predicted molar refractivity (Wildman–Crippen MR) is 84.4 cm³/mol. The second-order valence-corrected chi connectivity index (χ2v) is 7.58. The average molecular weight is 346 g/mol. The van der Waals surface area contributed by atoms with Crippen LogP contribution in [0.2, 0.25) is 5.02 Å². The van der Waals surface area contributed by atoms with Crippen molar-refractivity contribution in [3.8, 4) is 0 Å². The molecule has 1 fully saturated rings. The van der Waals surface area contributed by atoms with Gasteiger partial charge in [-0.05, 0) is 50.8 Å². The van der Waals surface area contributed by atoms with Crippen molar-refractivity contribution < 1.29 is 17.9 Å². The third kappa shape index (κ3) is 3.45. The normalized spacial score (nSPS) is 19.9. The summed E-state index contributed by atoms with van der Waals surface area (Å²) in [5.74, 6) is -0.481. The maximum absolute atomic E-state index is 12.9. The second kappa shape index (κ2) is 6.98. The fourth-order valence-electron chi connectivity index (χ4n) is 2.64. The number of nitrogens with zero attached hydrogens (tertiary/aromatic N) is 1. The molecule has 0 N–H and O–H groups in total. The van der Waals surface area contributed by atoms with Gasteiger partial charge in [-0.2, -0.15) is 4.31 Å². The minimum Gasteiger partial charge on any atom is -0.465 e. The third-order valence-corrected chi connectivity index (χ3v) is 6.03. The van der Waals surface area contributed by atoms with Crippen LogP contribution >= 0.6 is 11.6 Å². The van der Waals surface area contributed by atoms with E-state index in [0.29, 0.717) is 23.6 Å². The lowest BCUT2D eigenvalue weighted by atomic mass is 10.1. The standard InChI is InChI=1S/C15H20ClNO4S/c1-3-21-15(18)13-6-4-5-9-17(13)22(19,20)14-10-12(16)8-7-11(14)2/h7-8,10,13H,3-6,9H2,1-2H3. The molecule has 0 bridgehead atoms. The highest BCUT2D eigenvalue weighted by atomic mass is 35.5. The van der Waals surface area contributed by atoms with E-state index in [4.69, 9.17) is 16.3 Å². The molecule has 0 spiro atoms. The van der Waals surface area contributed by atoms with Crippen molar-refractivity contribution in [2.24, 2.45) is 0 Å². The Balaban J connectivity index is 2.41. The number of hydrogen-bond acceptors (Lipinski definition) is 4. The van der Waals surface area contributed by atoms with E-state index < -0.39 is 22.0 Å². The maximum Gasteiger partial charge on any atom is 0.324 e. The molecule has 1 aromatic carbocycles. The van der Waals surface area contributed by atoms with Gasteiger partial charge >= 0.3 is 5.97 Å². The molecule has 2 rings (SSSR count). The molecule has 1 atom stereocenters. The quantitative estimate of drug-likeness (QED) is 0.787.